The van der Waals surface area contributed by atoms with E-state index in [9.17, 15) is 30.0 Å². The van der Waals surface area contributed by atoms with Gasteiger partial charge >= 0.3 is 0 Å². The zero-order valence-electron chi connectivity index (χ0n) is 28.3. The summed E-state index contributed by atoms with van der Waals surface area (Å²) in [7, 11) is -12.0. The zero-order chi connectivity index (χ0) is 36.5. The molecule has 0 spiro atoms. The monoisotopic (exact) mass is 758 g/mol. The molecular weight excluding hydrogens is 721 g/mol. The second-order valence-electron chi connectivity index (χ2n) is 12.9. The lowest BCUT2D eigenvalue weighted by Crippen LogP contribution is -2.35. The van der Waals surface area contributed by atoms with E-state index < -0.39 is 35.7 Å². The molecule has 1 aromatic heterocycles. The first-order chi connectivity index (χ1) is 25.0. The van der Waals surface area contributed by atoms with Crippen molar-refractivity contribution in [2.45, 2.75) is 58.1 Å². The third-order valence-corrected chi connectivity index (χ3v) is 15.2. The Balaban J connectivity index is 1.38. The number of rotatable bonds is 10. The summed E-state index contributed by atoms with van der Waals surface area (Å²) in [5, 5.41) is 4.65. The highest BCUT2D eigenvalue weighted by atomic mass is 32.2. The van der Waals surface area contributed by atoms with Crippen LogP contribution >= 0.6 is 0 Å². The largest absolute Gasteiger partial charge is 0.287 e. The molecular formula is C38H38N4O7S3. The van der Waals surface area contributed by atoms with Crippen molar-refractivity contribution in [2.24, 2.45) is 0 Å². The maximum Gasteiger partial charge on any atom is 0.243 e. The number of hydrogen-bond acceptors (Lipinski definition) is 8. The second kappa shape index (κ2) is 14.5. The van der Waals surface area contributed by atoms with Gasteiger partial charge in [-0.1, -0.05) is 61.4 Å². The van der Waals surface area contributed by atoms with Gasteiger partial charge in [0.05, 0.1) is 26.1 Å². The van der Waals surface area contributed by atoms with Crippen molar-refractivity contribution in [3.8, 4) is 16.9 Å². The Bertz CT molecular complexity index is 2400. The molecule has 0 saturated carbocycles. The van der Waals surface area contributed by atoms with E-state index in [4.69, 9.17) is 0 Å². The maximum atomic E-state index is 14.6. The van der Waals surface area contributed by atoms with Crippen LogP contribution in [0.1, 0.15) is 54.6 Å². The van der Waals surface area contributed by atoms with Crippen molar-refractivity contribution in [3.05, 3.63) is 120 Å². The normalized spacial score (nSPS) is 16.5. The highest BCUT2D eigenvalue weighted by molar-refractivity contribution is 7.91. The van der Waals surface area contributed by atoms with Crippen molar-refractivity contribution in [3.63, 3.8) is 0 Å². The molecule has 270 valence electrons. The Labute approximate surface area is 304 Å². The highest BCUT2D eigenvalue weighted by Crippen LogP contribution is 2.38. The number of benzene rings is 4. The van der Waals surface area contributed by atoms with E-state index >= 15 is 0 Å². The number of sulfonamides is 2. The van der Waals surface area contributed by atoms with Crippen LogP contribution < -0.4 is 0 Å². The number of para-hydroxylation sites is 1. The highest BCUT2D eigenvalue weighted by Gasteiger charge is 2.36. The van der Waals surface area contributed by atoms with Crippen molar-refractivity contribution in [1.82, 2.24) is 18.4 Å². The lowest BCUT2D eigenvalue weighted by molar-refractivity contribution is 0.103. The minimum Gasteiger partial charge on any atom is -0.287 e. The van der Waals surface area contributed by atoms with Crippen LogP contribution in [-0.2, 0) is 29.9 Å². The molecule has 3 heterocycles. The van der Waals surface area contributed by atoms with Crippen LogP contribution in [0.15, 0.2) is 129 Å². The molecule has 2 aliphatic heterocycles. The fraction of sp³-hybridized carbons (Fsp3) is 0.263. The van der Waals surface area contributed by atoms with Crippen molar-refractivity contribution >= 4 is 35.7 Å². The minimum absolute atomic E-state index is 0.0400. The standard InChI is InChI=1S/C38H38N4O7S3/c43-37(30-19-23-34(24-20-30)52(48,49)41-27-11-4-12-28-41)35-38(50(44,45)32-15-7-2-8-16-32)36(42(39-35)31-13-5-1-6-14-31)29-17-21-33(22-18-29)51(46,47)40-25-9-3-10-26-40/h1-2,5-8,13-24H,3-4,9-12,25-28H2. The summed E-state index contributed by atoms with van der Waals surface area (Å²) in [5.41, 5.74) is 0.554. The molecule has 0 atom stereocenters. The van der Waals surface area contributed by atoms with Crippen LogP contribution in [-0.4, -0.2) is 75.6 Å². The first-order valence-electron chi connectivity index (χ1n) is 17.2. The molecule has 0 N–H and O–H groups in total. The molecule has 0 unspecified atom stereocenters. The molecule has 14 heteroatoms. The molecule has 4 aromatic carbocycles. The van der Waals surface area contributed by atoms with Gasteiger partial charge in [-0.15, -0.1) is 0 Å². The summed E-state index contributed by atoms with van der Waals surface area (Å²) in [4.78, 5) is 14.1. The molecule has 0 amide bonds. The predicted octanol–water partition coefficient (Wildman–Crippen LogP) is 5.95. The Kier molecular flexibility index (Phi) is 10.0. The number of carbonyl (C=O) groups is 1. The van der Waals surface area contributed by atoms with Gasteiger partial charge in [0.2, 0.25) is 35.7 Å². The molecule has 0 bridgehead atoms. The van der Waals surface area contributed by atoms with E-state index in [-0.39, 0.29) is 36.5 Å². The van der Waals surface area contributed by atoms with Crippen molar-refractivity contribution in [1.29, 1.82) is 0 Å². The van der Waals surface area contributed by atoms with Crippen LogP contribution in [0.25, 0.3) is 16.9 Å². The third kappa shape index (κ3) is 6.76. The van der Waals surface area contributed by atoms with Crippen LogP contribution in [0.3, 0.4) is 0 Å². The lowest BCUT2D eigenvalue weighted by Gasteiger charge is -2.25. The number of hydrogen-bond donors (Lipinski definition) is 0. The summed E-state index contributed by atoms with van der Waals surface area (Å²) >= 11 is 0. The summed E-state index contributed by atoms with van der Waals surface area (Å²) in [6.07, 6.45) is 5.04. The zero-order valence-corrected chi connectivity index (χ0v) is 30.8. The van der Waals surface area contributed by atoms with Crippen LogP contribution in [0.4, 0.5) is 0 Å². The van der Waals surface area contributed by atoms with Gasteiger partial charge in [0.15, 0.2) is 5.69 Å². The smallest absolute Gasteiger partial charge is 0.243 e. The quantitative estimate of drug-likeness (QED) is 0.159. The van der Waals surface area contributed by atoms with E-state index in [1.54, 1.807) is 48.5 Å². The topological polar surface area (TPSA) is 144 Å². The SMILES string of the molecule is O=C(c1ccc(S(=O)(=O)N2CCCCC2)cc1)c1nn(-c2ccccc2)c(-c2ccc(S(=O)(=O)N3CCCCC3)cc2)c1S(=O)(=O)c1ccccc1. The van der Waals surface area contributed by atoms with Gasteiger partial charge in [-0.05, 0) is 86.3 Å². The number of aromatic nitrogens is 2. The average Bonchev–Trinajstić information content (AvgIpc) is 3.61. The number of piperidine rings is 2. The molecule has 0 aliphatic carbocycles. The van der Waals surface area contributed by atoms with Gasteiger partial charge in [-0.2, -0.15) is 13.7 Å². The van der Waals surface area contributed by atoms with E-state index in [2.05, 4.69) is 5.10 Å². The third-order valence-electron chi connectivity index (χ3n) is 9.53. The lowest BCUT2D eigenvalue weighted by atomic mass is 10.1. The predicted molar refractivity (Wildman–Crippen MR) is 196 cm³/mol. The van der Waals surface area contributed by atoms with Crippen molar-refractivity contribution < 1.29 is 30.0 Å². The van der Waals surface area contributed by atoms with E-state index in [1.165, 1.54) is 74.0 Å². The molecule has 7 rings (SSSR count). The van der Waals surface area contributed by atoms with Crippen LogP contribution in [0.5, 0.6) is 0 Å². The molecule has 11 nitrogen and oxygen atoms in total. The van der Waals surface area contributed by atoms with Gasteiger partial charge in [0.1, 0.15) is 4.90 Å². The summed E-state index contributed by atoms with van der Waals surface area (Å²) in [6, 6.07) is 27.9. The number of sulfone groups is 1. The molecule has 2 fully saturated rings. The van der Waals surface area contributed by atoms with Gasteiger partial charge < -0.3 is 0 Å². The van der Waals surface area contributed by atoms with Crippen LogP contribution in [0, 0.1) is 0 Å². The summed E-state index contributed by atoms with van der Waals surface area (Å²) < 4.78 is 87.2. The van der Waals surface area contributed by atoms with Gasteiger partial charge in [-0.25, -0.2) is 29.9 Å². The van der Waals surface area contributed by atoms with Gasteiger partial charge in [-0.3, -0.25) is 4.79 Å². The molecule has 5 aromatic rings. The summed E-state index contributed by atoms with van der Waals surface area (Å²) in [5.74, 6) is -0.725. The molecule has 0 radical (unpaired) electrons. The number of ketones is 1. The van der Waals surface area contributed by atoms with Gasteiger partial charge in [0.25, 0.3) is 0 Å². The second-order valence-corrected chi connectivity index (χ2v) is 18.7. The summed E-state index contributed by atoms with van der Waals surface area (Å²) in [6.45, 7) is 1.71. The maximum absolute atomic E-state index is 14.6. The van der Waals surface area contributed by atoms with Crippen molar-refractivity contribution in [2.75, 3.05) is 26.2 Å². The average molecular weight is 759 g/mol. The van der Waals surface area contributed by atoms with E-state index in [0.717, 1.165) is 38.5 Å². The first kappa shape index (κ1) is 35.9. The fourth-order valence-electron chi connectivity index (χ4n) is 6.74. The Morgan fingerprint density at radius 2 is 0.981 bits per heavy atom. The van der Waals surface area contributed by atoms with Gasteiger partial charge in [0, 0.05) is 37.3 Å². The van der Waals surface area contributed by atoms with E-state index in [0.29, 0.717) is 37.4 Å². The Morgan fingerprint density at radius 1 is 0.519 bits per heavy atom. The number of nitrogens with zero attached hydrogens (tertiary/aromatic N) is 4. The molecule has 2 saturated heterocycles. The fourth-order valence-corrected chi connectivity index (χ4v) is 11.4. The Hall–Kier alpha value is -4.47. The first-order valence-corrected chi connectivity index (χ1v) is 21.6. The molecule has 52 heavy (non-hydrogen) atoms. The Morgan fingerprint density at radius 3 is 1.48 bits per heavy atom. The number of carbonyl (C=O) groups excluding carboxylic acids is 1. The minimum atomic E-state index is -4.42. The van der Waals surface area contributed by atoms with E-state index in [1.807, 2.05) is 0 Å². The van der Waals surface area contributed by atoms with Crippen LogP contribution in [0.2, 0.25) is 0 Å². The molecule has 2 aliphatic rings.